The Morgan fingerprint density at radius 3 is 2.53 bits per heavy atom. The molecule has 0 saturated carbocycles. The van der Waals surface area contributed by atoms with Gasteiger partial charge in [0.05, 0.1) is 4.34 Å². The summed E-state index contributed by atoms with van der Waals surface area (Å²) in [5.41, 5.74) is 0. The molecular weight excluding hydrogens is 310 g/mol. The van der Waals surface area contributed by atoms with Crippen LogP contribution in [-0.4, -0.2) is 26.0 Å². The highest BCUT2D eigenvalue weighted by Crippen LogP contribution is 2.25. The fourth-order valence-corrected chi connectivity index (χ4v) is 4.08. The van der Waals surface area contributed by atoms with Crippen LogP contribution in [0.2, 0.25) is 4.34 Å². The van der Waals surface area contributed by atoms with Crippen LogP contribution in [0.5, 0.6) is 0 Å². The van der Waals surface area contributed by atoms with Crippen LogP contribution < -0.4 is 4.72 Å². The Morgan fingerprint density at radius 1 is 1.26 bits per heavy atom. The molecule has 2 N–H and O–H groups in total. The van der Waals surface area contributed by atoms with Crippen LogP contribution in [0.15, 0.2) is 16.3 Å². The predicted octanol–water partition coefficient (Wildman–Crippen LogP) is 2.71. The summed E-state index contributed by atoms with van der Waals surface area (Å²) in [6.07, 6.45) is 3.08. The van der Waals surface area contributed by atoms with Crippen LogP contribution >= 0.6 is 22.9 Å². The van der Waals surface area contributed by atoms with Crippen LogP contribution in [0.4, 0.5) is 0 Å². The van der Waals surface area contributed by atoms with E-state index in [0.717, 1.165) is 24.2 Å². The normalized spacial score (nSPS) is 11.6. The fourth-order valence-electron chi connectivity index (χ4n) is 1.47. The van der Waals surface area contributed by atoms with E-state index in [4.69, 9.17) is 16.7 Å². The summed E-state index contributed by atoms with van der Waals surface area (Å²) in [7, 11) is -3.46. The van der Waals surface area contributed by atoms with Crippen molar-refractivity contribution in [2.45, 2.75) is 36.3 Å². The highest BCUT2D eigenvalue weighted by molar-refractivity contribution is 7.91. The number of halogens is 1. The van der Waals surface area contributed by atoms with Crippen molar-refractivity contribution in [3.05, 3.63) is 16.5 Å². The third-order valence-corrected chi connectivity index (χ3v) is 5.61. The number of nitrogens with one attached hydrogen (secondary N) is 1. The summed E-state index contributed by atoms with van der Waals surface area (Å²) in [6, 6.07) is 3.02. The summed E-state index contributed by atoms with van der Waals surface area (Å²) in [5.74, 6) is -0.796. The Morgan fingerprint density at radius 2 is 1.95 bits per heavy atom. The first-order valence-corrected chi connectivity index (χ1v) is 8.56. The van der Waals surface area contributed by atoms with Gasteiger partial charge in [-0.3, -0.25) is 4.79 Å². The largest absolute Gasteiger partial charge is 0.481 e. The maximum Gasteiger partial charge on any atom is 0.303 e. The summed E-state index contributed by atoms with van der Waals surface area (Å²) < 4.78 is 26.7. The van der Waals surface area contributed by atoms with Crippen molar-refractivity contribution in [1.29, 1.82) is 0 Å². The lowest BCUT2D eigenvalue weighted by molar-refractivity contribution is -0.137. The molecule has 1 aromatic rings. The Labute approximate surface area is 121 Å². The molecule has 1 rings (SSSR count). The second-order valence-corrected chi connectivity index (χ2v) is 7.72. The molecule has 0 aliphatic rings. The molecule has 0 amide bonds. The monoisotopic (exact) mass is 325 g/mol. The van der Waals surface area contributed by atoms with Gasteiger partial charge in [-0.2, -0.15) is 0 Å². The third kappa shape index (κ3) is 6.38. The lowest BCUT2D eigenvalue weighted by Gasteiger charge is -2.04. The van der Waals surface area contributed by atoms with Gasteiger partial charge in [-0.25, -0.2) is 13.1 Å². The number of aliphatic carboxylic acids is 1. The van der Waals surface area contributed by atoms with E-state index in [1.807, 2.05) is 0 Å². The van der Waals surface area contributed by atoms with Gasteiger partial charge in [-0.1, -0.05) is 24.4 Å². The molecule has 1 heterocycles. The van der Waals surface area contributed by atoms with Crippen molar-refractivity contribution < 1.29 is 18.3 Å². The van der Waals surface area contributed by atoms with Crippen LogP contribution in [0.25, 0.3) is 0 Å². The molecule has 8 heteroatoms. The van der Waals surface area contributed by atoms with Crippen molar-refractivity contribution >= 4 is 38.9 Å². The van der Waals surface area contributed by atoms with Crippen molar-refractivity contribution in [2.75, 3.05) is 6.54 Å². The smallest absolute Gasteiger partial charge is 0.303 e. The second kappa shape index (κ2) is 7.84. The predicted molar refractivity (Wildman–Crippen MR) is 75.2 cm³/mol. The van der Waals surface area contributed by atoms with Gasteiger partial charge in [-0.15, -0.1) is 11.3 Å². The molecule has 0 aliphatic heterocycles. The van der Waals surface area contributed by atoms with E-state index in [-0.39, 0.29) is 10.6 Å². The van der Waals surface area contributed by atoms with E-state index in [1.165, 1.54) is 6.07 Å². The van der Waals surface area contributed by atoms with E-state index in [0.29, 0.717) is 23.7 Å². The fraction of sp³-hybridized carbons (Fsp3) is 0.545. The average molecular weight is 326 g/mol. The van der Waals surface area contributed by atoms with Crippen molar-refractivity contribution in [2.24, 2.45) is 0 Å². The zero-order valence-electron chi connectivity index (χ0n) is 10.3. The Kier molecular flexibility index (Phi) is 6.78. The van der Waals surface area contributed by atoms with Gasteiger partial charge in [0.2, 0.25) is 10.0 Å². The van der Waals surface area contributed by atoms with Crippen LogP contribution in [0.3, 0.4) is 0 Å². The summed E-state index contributed by atoms with van der Waals surface area (Å²) in [4.78, 5) is 10.3. The molecule has 0 unspecified atom stereocenters. The molecule has 1 aromatic heterocycles. The zero-order chi connectivity index (χ0) is 14.3. The Hall–Kier alpha value is -0.630. The molecule has 0 radical (unpaired) electrons. The molecule has 0 aliphatic carbocycles. The summed E-state index contributed by atoms with van der Waals surface area (Å²) in [6.45, 7) is 0.352. The number of carbonyl (C=O) groups is 1. The van der Waals surface area contributed by atoms with Gasteiger partial charge in [0.1, 0.15) is 4.21 Å². The minimum atomic E-state index is -3.46. The number of hydrogen-bond donors (Lipinski definition) is 2. The van der Waals surface area contributed by atoms with Gasteiger partial charge in [0, 0.05) is 13.0 Å². The molecular formula is C11H16ClNO4S2. The standard InChI is InChI=1S/C11H16ClNO4S2/c12-9-6-7-11(18-9)19(16,17)13-8-4-2-1-3-5-10(14)15/h6-7,13H,1-5,8H2,(H,14,15). The van der Waals surface area contributed by atoms with E-state index < -0.39 is 16.0 Å². The van der Waals surface area contributed by atoms with Crippen LogP contribution in [0, 0.1) is 0 Å². The van der Waals surface area contributed by atoms with Gasteiger partial charge >= 0.3 is 5.97 Å². The van der Waals surface area contributed by atoms with Crippen LogP contribution in [-0.2, 0) is 14.8 Å². The van der Waals surface area contributed by atoms with E-state index in [9.17, 15) is 13.2 Å². The maximum atomic E-state index is 11.8. The Bertz CT molecular complexity index is 513. The Balaban J connectivity index is 2.20. The highest BCUT2D eigenvalue weighted by Gasteiger charge is 2.15. The van der Waals surface area contributed by atoms with Gasteiger partial charge < -0.3 is 5.11 Å². The number of unbranched alkanes of at least 4 members (excludes halogenated alkanes) is 3. The zero-order valence-corrected chi connectivity index (χ0v) is 12.7. The highest BCUT2D eigenvalue weighted by atomic mass is 35.5. The third-order valence-electron chi connectivity index (χ3n) is 2.42. The topological polar surface area (TPSA) is 83.5 Å². The SMILES string of the molecule is O=C(O)CCCCCCNS(=O)(=O)c1ccc(Cl)s1. The molecule has 0 atom stereocenters. The van der Waals surface area contributed by atoms with Gasteiger partial charge in [-0.05, 0) is 25.0 Å². The van der Waals surface area contributed by atoms with Crippen LogP contribution in [0.1, 0.15) is 32.1 Å². The second-order valence-electron chi connectivity index (χ2n) is 4.01. The number of hydrogen-bond acceptors (Lipinski definition) is 4. The first kappa shape index (κ1) is 16.4. The number of rotatable bonds is 9. The summed E-state index contributed by atoms with van der Waals surface area (Å²) in [5, 5.41) is 8.45. The number of carboxylic acid groups (broad SMARTS) is 1. The first-order valence-electron chi connectivity index (χ1n) is 5.88. The van der Waals surface area contributed by atoms with E-state index >= 15 is 0 Å². The van der Waals surface area contributed by atoms with Crippen molar-refractivity contribution in [3.8, 4) is 0 Å². The van der Waals surface area contributed by atoms with Gasteiger partial charge in [0.25, 0.3) is 0 Å². The molecule has 0 spiro atoms. The first-order chi connectivity index (χ1) is 8.92. The average Bonchev–Trinajstić information content (AvgIpc) is 2.75. The molecule has 0 aromatic carbocycles. The minimum Gasteiger partial charge on any atom is -0.481 e. The number of thiophene rings is 1. The molecule has 5 nitrogen and oxygen atoms in total. The molecule has 19 heavy (non-hydrogen) atoms. The summed E-state index contributed by atoms with van der Waals surface area (Å²) >= 11 is 6.71. The lowest BCUT2D eigenvalue weighted by Crippen LogP contribution is -2.23. The molecule has 0 saturated heterocycles. The molecule has 0 fully saturated rings. The van der Waals surface area contributed by atoms with Gasteiger partial charge in [0.15, 0.2) is 0 Å². The lowest BCUT2D eigenvalue weighted by atomic mass is 10.1. The minimum absolute atomic E-state index is 0.166. The van der Waals surface area contributed by atoms with E-state index in [1.54, 1.807) is 6.07 Å². The molecule has 108 valence electrons. The van der Waals surface area contributed by atoms with E-state index in [2.05, 4.69) is 4.72 Å². The molecule has 0 bridgehead atoms. The number of carboxylic acids is 1. The quantitative estimate of drug-likeness (QED) is 0.684. The van der Waals surface area contributed by atoms with Crippen molar-refractivity contribution in [3.63, 3.8) is 0 Å². The number of sulfonamides is 1. The van der Waals surface area contributed by atoms with Crippen molar-refractivity contribution in [1.82, 2.24) is 4.72 Å². The maximum absolute atomic E-state index is 11.8.